The normalized spacial score (nSPS) is 18.0. The lowest BCUT2D eigenvalue weighted by atomic mass is 9.67. The lowest BCUT2D eigenvalue weighted by Gasteiger charge is -2.34. The molecule has 4 unspecified atom stereocenters. The van der Waals surface area contributed by atoms with E-state index in [-0.39, 0.29) is 30.0 Å². The van der Waals surface area contributed by atoms with Crippen LogP contribution < -0.4 is 18.9 Å². The summed E-state index contributed by atoms with van der Waals surface area (Å²) in [6.45, 7) is 4.38. The summed E-state index contributed by atoms with van der Waals surface area (Å²) in [6.07, 6.45) is 2.04. The average molecular weight is 483 g/mol. The first-order valence-corrected chi connectivity index (χ1v) is 12.0. The first-order valence-electron chi connectivity index (χ1n) is 12.0. The molecule has 188 valence electrons. The van der Waals surface area contributed by atoms with Crippen molar-refractivity contribution >= 4 is 0 Å². The highest BCUT2D eigenvalue weighted by Gasteiger charge is 2.39. The maximum Gasteiger partial charge on any atom is 0.216 e. The second-order valence-corrected chi connectivity index (χ2v) is 9.03. The van der Waals surface area contributed by atoms with Crippen molar-refractivity contribution in [3.63, 3.8) is 0 Å². The minimum absolute atomic E-state index is 0.0474. The number of ether oxygens (including phenoxy) is 4. The average Bonchev–Trinajstić information content (AvgIpc) is 2.89. The van der Waals surface area contributed by atoms with Crippen LogP contribution in [0.25, 0.3) is 0 Å². The van der Waals surface area contributed by atoms with Crippen LogP contribution >= 0.6 is 0 Å². The summed E-state index contributed by atoms with van der Waals surface area (Å²) in [7, 11) is 3.14. The molecular formula is C27H34N2O6. The second kappa shape index (κ2) is 11.8. The van der Waals surface area contributed by atoms with Crippen LogP contribution in [0.5, 0.6) is 23.0 Å². The SMILES string of the molecule is CCC(C)C(C#N)(CCCC(CC1COc2ccccc2O1)[N+](=O)[O-])c1ccc(OC)c(OC)c1. The van der Waals surface area contributed by atoms with Gasteiger partial charge in [-0.05, 0) is 48.6 Å². The minimum atomic E-state index is -0.793. The molecule has 1 heterocycles. The van der Waals surface area contributed by atoms with E-state index < -0.39 is 11.5 Å². The Balaban J connectivity index is 1.73. The summed E-state index contributed by atoms with van der Waals surface area (Å²) in [5.74, 6) is 2.47. The predicted octanol–water partition coefficient (Wildman–Crippen LogP) is 5.56. The van der Waals surface area contributed by atoms with Crippen molar-refractivity contribution in [1.82, 2.24) is 0 Å². The molecule has 2 aromatic rings. The monoisotopic (exact) mass is 482 g/mol. The fraction of sp³-hybridized carbons (Fsp3) is 0.519. The number of nitrogens with zero attached hydrogens (tertiary/aromatic N) is 2. The Morgan fingerprint density at radius 3 is 2.54 bits per heavy atom. The van der Waals surface area contributed by atoms with Gasteiger partial charge in [0.1, 0.15) is 12.7 Å². The van der Waals surface area contributed by atoms with Crippen LogP contribution in [0.1, 0.15) is 51.5 Å². The molecule has 0 N–H and O–H groups in total. The third-order valence-electron chi connectivity index (χ3n) is 7.06. The van der Waals surface area contributed by atoms with E-state index in [0.29, 0.717) is 42.3 Å². The van der Waals surface area contributed by atoms with E-state index in [1.807, 2.05) is 30.3 Å². The summed E-state index contributed by atoms with van der Waals surface area (Å²) in [4.78, 5) is 11.6. The van der Waals surface area contributed by atoms with Gasteiger partial charge in [-0.1, -0.05) is 38.5 Å². The Hall–Kier alpha value is -3.47. The fourth-order valence-corrected chi connectivity index (χ4v) is 4.78. The van der Waals surface area contributed by atoms with Crippen molar-refractivity contribution in [2.24, 2.45) is 5.92 Å². The van der Waals surface area contributed by atoms with Crippen LogP contribution in [0.4, 0.5) is 0 Å². The molecule has 0 saturated heterocycles. The van der Waals surface area contributed by atoms with Gasteiger partial charge in [0.15, 0.2) is 23.0 Å². The van der Waals surface area contributed by atoms with E-state index in [1.165, 1.54) is 0 Å². The Morgan fingerprint density at radius 2 is 1.91 bits per heavy atom. The van der Waals surface area contributed by atoms with Crippen molar-refractivity contribution in [2.75, 3.05) is 20.8 Å². The van der Waals surface area contributed by atoms with Gasteiger partial charge in [-0.15, -0.1) is 0 Å². The fourth-order valence-electron chi connectivity index (χ4n) is 4.78. The summed E-state index contributed by atoms with van der Waals surface area (Å²) >= 11 is 0. The highest BCUT2D eigenvalue weighted by molar-refractivity contribution is 5.47. The quantitative estimate of drug-likeness (QED) is 0.288. The molecule has 8 heteroatoms. The van der Waals surface area contributed by atoms with Crippen molar-refractivity contribution in [2.45, 2.75) is 63.5 Å². The highest BCUT2D eigenvalue weighted by atomic mass is 16.6. The third-order valence-corrected chi connectivity index (χ3v) is 7.06. The molecule has 0 spiro atoms. The van der Waals surface area contributed by atoms with Gasteiger partial charge in [0, 0.05) is 11.3 Å². The number of fused-ring (bicyclic) bond motifs is 1. The number of methoxy groups -OCH3 is 2. The van der Waals surface area contributed by atoms with Crippen LogP contribution in [-0.4, -0.2) is 37.9 Å². The molecule has 0 fully saturated rings. The number of nitro groups is 1. The van der Waals surface area contributed by atoms with Gasteiger partial charge < -0.3 is 18.9 Å². The Morgan fingerprint density at radius 1 is 1.20 bits per heavy atom. The van der Waals surface area contributed by atoms with E-state index >= 15 is 0 Å². The summed E-state index contributed by atoms with van der Waals surface area (Å²) in [5, 5.41) is 22.2. The molecule has 0 saturated carbocycles. The molecule has 4 atom stereocenters. The standard InChI is InChI=1S/C27H34N2O6/c1-5-19(2)27(18-28,20-12-13-23(32-3)26(15-20)33-4)14-8-9-21(29(30)31)16-22-17-34-24-10-6-7-11-25(24)35-22/h6-7,10-13,15,19,21-22H,5,8-9,14,16-17H2,1-4H3. The summed E-state index contributed by atoms with van der Waals surface area (Å²) < 4.78 is 22.5. The lowest BCUT2D eigenvalue weighted by Crippen LogP contribution is -2.36. The maximum absolute atomic E-state index is 11.9. The molecule has 0 aliphatic carbocycles. The van der Waals surface area contributed by atoms with Crippen molar-refractivity contribution in [3.8, 4) is 29.1 Å². The number of nitriles is 1. The van der Waals surface area contributed by atoms with Gasteiger partial charge >= 0.3 is 0 Å². The topological polar surface area (TPSA) is 104 Å². The van der Waals surface area contributed by atoms with Crippen LogP contribution in [0.3, 0.4) is 0 Å². The molecule has 0 aromatic heterocycles. The lowest BCUT2D eigenvalue weighted by molar-refractivity contribution is -0.526. The summed E-state index contributed by atoms with van der Waals surface area (Å²) in [6, 6.07) is 14.7. The summed E-state index contributed by atoms with van der Waals surface area (Å²) in [5.41, 5.74) is 0.0454. The predicted molar refractivity (Wildman–Crippen MR) is 132 cm³/mol. The van der Waals surface area contributed by atoms with E-state index in [0.717, 1.165) is 12.0 Å². The van der Waals surface area contributed by atoms with Gasteiger partial charge in [0.25, 0.3) is 0 Å². The van der Waals surface area contributed by atoms with Gasteiger partial charge in [-0.25, -0.2) is 0 Å². The van der Waals surface area contributed by atoms with Crippen molar-refractivity contribution in [1.29, 1.82) is 5.26 Å². The number of hydrogen-bond acceptors (Lipinski definition) is 7. The molecule has 1 aliphatic rings. The molecule has 1 aliphatic heterocycles. The molecule has 0 bridgehead atoms. The zero-order valence-electron chi connectivity index (χ0n) is 20.9. The van der Waals surface area contributed by atoms with Crippen molar-refractivity contribution in [3.05, 3.63) is 58.1 Å². The number of benzene rings is 2. The zero-order chi connectivity index (χ0) is 25.4. The van der Waals surface area contributed by atoms with E-state index in [9.17, 15) is 15.4 Å². The first kappa shape index (κ1) is 26.1. The van der Waals surface area contributed by atoms with E-state index in [2.05, 4.69) is 19.9 Å². The number of hydrogen-bond donors (Lipinski definition) is 0. The minimum Gasteiger partial charge on any atom is -0.493 e. The Kier molecular flexibility index (Phi) is 8.80. The Bertz CT molecular complexity index is 1050. The molecule has 2 aromatic carbocycles. The van der Waals surface area contributed by atoms with Crippen LogP contribution in [-0.2, 0) is 5.41 Å². The third kappa shape index (κ3) is 5.79. The second-order valence-electron chi connectivity index (χ2n) is 9.03. The van der Waals surface area contributed by atoms with Gasteiger partial charge in [0.05, 0.1) is 32.1 Å². The molecule has 35 heavy (non-hydrogen) atoms. The largest absolute Gasteiger partial charge is 0.493 e. The zero-order valence-corrected chi connectivity index (χ0v) is 20.9. The molecular weight excluding hydrogens is 448 g/mol. The molecule has 0 amide bonds. The molecule has 8 nitrogen and oxygen atoms in total. The van der Waals surface area contributed by atoms with Crippen molar-refractivity contribution < 1.29 is 23.9 Å². The van der Waals surface area contributed by atoms with Crippen LogP contribution in [0, 0.1) is 27.4 Å². The van der Waals surface area contributed by atoms with Crippen LogP contribution in [0.2, 0.25) is 0 Å². The smallest absolute Gasteiger partial charge is 0.216 e. The first-order chi connectivity index (χ1) is 16.9. The van der Waals surface area contributed by atoms with E-state index in [1.54, 1.807) is 26.4 Å². The Labute approximate surface area is 206 Å². The number of rotatable bonds is 12. The molecule has 3 rings (SSSR count). The van der Waals surface area contributed by atoms with Gasteiger partial charge in [0.2, 0.25) is 6.04 Å². The number of para-hydroxylation sites is 2. The van der Waals surface area contributed by atoms with Gasteiger partial charge in [-0.2, -0.15) is 5.26 Å². The highest BCUT2D eigenvalue weighted by Crippen LogP contribution is 2.42. The van der Waals surface area contributed by atoms with Crippen LogP contribution in [0.15, 0.2) is 42.5 Å². The molecule has 0 radical (unpaired) electrons. The van der Waals surface area contributed by atoms with E-state index in [4.69, 9.17) is 18.9 Å². The van der Waals surface area contributed by atoms with Gasteiger partial charge in [-0.3, -0.25) is 10.1 Å². The maximum atomic E-state index is 11.9.